The van der Waals surface area contributed by atoms with Gasteiger partial charge in [0.25, 0.3) is 0 Å². The van der Waals surface area contributed by atoms with E-state index < -0.39 is 27.6 Å². The van der Waals surface area contributed by atoms with Gasteiger partial charge in [0.05, 0.1) is 5.75 Å². The first-order valence-corrected chi connectivity index (χ1v) is 8.01. The van der Waals surface area contributed by atoms with Crippen LogP contribution in [-0.2, 0) is 15.8 Å². The second-order valence-corrected chi connectivity index (χ2v) is 6.50. The minimum Gasteiger partial charge on any atom is -0.212 e. The summed E-state index contributed by atoms with van der Waals surface area (Å²) in [5, 5.41) is 0. The van der Waals surface area contributed by atoms with Crippen molar-refractivity contribution in [2.24, 2.45) is 0 Å². The number of hydrogen-bond donors (Lipinski definition) is 1. The van der Waals surface area contributed by atoms with E-state index in [-0.39, 0.29) is 11.4 Å². The second-order valence-electron chi connectivity index (χ2n) is 4.74. The molecule has 21 heavy (non-hydrogen) atoms. The molecule has 0 saturated carbocycles. The van der Waals surface area contributed by atoms with Crippen LogP contribution in [-0.4, -0.2) is 8.42 Å². The van der Waals surface area contributed by atoms with Crippen molar-refractivity contribution < 1.29 is 17.2 Å². The van der Waals surface area contributed by atoms with E-state index in [9.17, 15) is 17.2 Å². The van der Waals surface area contributed by atoms with Crippen molar-refractivity contribution in [2.75, 3.05) is 0 Å². The molecule has 0 saturated heterocycles. The van der Waals surface area contributed by atoms with Gasteiger partial charge in [0.2, 0.25) is 10.0 Å². The summed E-state index contributed by atoms with van der Waals surface area (Å²) in [6.45, 7) is 1.64. The van der Waals surface area contributed by atoms with E-state index in [1.54, 1.807) is 13.0 Å². The summed E-state index contributed by atoms with van der Waals surface area (Å²) < 4.78 is 52.9. The average molecular weight is 311 g/mol. The summed E-state index contributed by atoms with van der Waals surface area (Å²) >= 11 is 0. The van der Waals surface area contributed by atoms with Crippen molar-refractivity contribution >= 4 is 10.0 Å². The first kappa shape index (κ1) is 15.6. The van der Waals surface area contributed by atoms with E-state index in [1.165, 1.54) is 42.5 Å². The molecule has 0 amide bonds. The molecule has 0 aliphatic rings. The predicted octanol–water partition coefficient (Wildman–Crippen LogP) is 3.15. The summed E-state index contributed by atoms with van der Waals surface area (Å²) in [5.41, 5.74) is 0.741. The Bertz CT molecular complexity index is 715. The van der Waals surface area contributed by atoms with Crippen molar-refractivity contribution in [3.63, 3.8) is 0 Å². The quantitative estimate of drug-likeness (QED) is 0.922. The molecule has 0 heterocycles. The Hall–Kier alpha value is -1.79. The third kappa shape index (κ3) is 4.34. The summed E-state index contributed by atoms with van der Waals surface area (Å²) in [7, 11) is -3.70. The van der Waals surface area contributed by atoms with Gasteiger partial charge < -0.3 is 0 Å². The summed E-state index contributed by atoms with van der Waals surface area (Å²) in [4.78, 5) is 0. The number of rotatable bonds is 5. The summed E-state index contributed by atoms with van der Waals surface area (Å²) in [6, 6.07) is 10.7. The van der Waals surface area contributed by atoms with E-state index in [2.05, 4.69) is 4.72 Å². The molecule has 0 bridgehead atoms. The van der Waals surface area contributed by atoms with Crippen LogP contribution in [0, 0.1) is 11.6 Å². The largest absolute Gasteiger partial charge is 0.216 e. The first-order valence-electron chi connectivity index (χ1n) is 6.36. The maximum Gasteiger partial charge on any atom is 0.216 e. The Morgan fingerprint density at radius 1 is 1.05 bits per heavy atom. The lowest BCUT2D eigenvalue weighted by molar-refractivity contribution is 0.561. The van der Waals surface area contributed by atoms with Gasteiger partial charge in [-0.05, 0) is 30.7 Å². The SMILES string of the molecule is CC(NS(=O)(=O)Cc1ccccc1F)c1ccc(F)cc1. The summed E-state index contributed by atoms with van der Waals surface area (Å²) in [6.07, 6.45) is 0. The average Bonchev–Trinajstić information content (AvgIpc) is 2.41. The third-order valence-corrected chi connectivity index (χ3v) is 4.43. The molecule has 2 rings (SSSR count). The standard InChI is InChI=1S/C15H15F2NO2S/c1-11(12-6-8-14(16)9-7-12)18-21(19,20)10-13-4-2-3-5-15(13)17/h2-9,11,18H,10H2,1H3. The van der Waals surface area contributed by atoms with E-state index in [0.29, 0.717) is 5.56 Å². The van der Waals surface area contributed by atoms with Gasteiger partial charge in [-0.1, -0.05) is 30.3 Å². The van der Waals surface area contributed by atoms with E-state index in [1.807, 2.05) is 0 Å². The predicted molar refractivity (Wildman–Crippen MR) is 77.0 cm³/mol. The number of halogens is 2. The molecule has 6 heteroatoms. The summed E-state index contributed by atoms with van der Waals surface area (Å²) in [5.74, 6) is -1.39. The van der Waals surface area contributed by atoms with Crippen LogP contribution in [0.5, 0.6) is 0 Å². The fourth-order valence-electron chi connectivity index (χ4n) is 1.95. The van der Waals surface area contributed by atoms with Crippen LogP contribution in [0.2, 0.25) is 0 Å². The van der Waals surface area contributed by atoms with Crippen molar-refractivity contribution in [1.29, 1.82) is 0 Å². The smallest absolute Gasteiger partial charge is 0.212 e. The normalized spacial score (nSPS) is 13.1. The molecule has 1 atom stereocenters. The van der Waals surface area contributed by atoms with Crippen molar-refractivity contribution in [1.82, 2.24) is 4.72 Å². The van der Waals surface area contributed by atoms with E-state index >= 15 is 0 Å². The molecule has 0 aliphatic heterocycles. The first-order chi connectivity index (χ1) is 9.87. The molecule has 1 N–H and O–H groups in total. The van der Waals surface area contributed by atoms with Crippen molar-refractivity contribution in [2.45, 2.75) is 18.7 Å². The zero-order valence-electron chi connectivity index (χ0n) is 11.4. The Kier molecular flexibility index (Phi) is 4.69. The molecule has 1 unspecified atom stereocenters. The van der Waals surface area contributed by atoms with Crippen LogP contribution in [0.4, 0.5) is 8.78 Å². The number of nitrogens with one attached hydrogen (secondary N) is 1. The van der Waals surface area contributed by atoms with Crippen LogP contribution in [0.1, 0.15) is 24.1 Å². The Labute approximate surface area is 122 Å². The molecule has 0 spiro atoms. The fraction of sp³-hybridized carbons (Fsp3) is 0.200. The lowest BCUT2D eigenvalue weighted by atomic mass is 10.1. The molecule has 2 aromatic carbocycles. The van der Waals surface area contributed by atoms with Gasteiger partial charge in [0.15, 0.2) is 0 Å². The molecular formula is C15H15F2NO2S. The molecule has 0 aromatic heterocycles. The minimum atomic E-state index is -3.70. The van der Waals surface area contributed by atoms with Crippen LogP contribution >= 0.6 is 0 Å². The van der Waals surface area contributed by atoms with Gasteiger partial charge in [-0.15, -0.1) is 0 Å². The van der Waals surface area contributed by atoms with Gasteiger partial charge in [0.1, 0.15) is 11.6 Å². The highest BCUT2D eigenvalue weighted by atomic mass is 32.2. The monoisotopic (exact) mass is 311 g/mol. The fourth-order valence-corrected chi connectivity index (χ4v) is 3.35. The Morgan fingerprint density at radius 3 is 2.29 bits per heavy atom. The van der Waals surface area contributed by atoms with Gasteiger partial charge in [-0.2, -0.15) is 0 Å². The van der Waals surface area contributed by atoms with Crippen LogP contribution in [0.15, 0.2) is 48.5 Å². The van der Waals surface area contributed by atoms with E-state index in [4.69, 9.17) is 0 Å². The topological polar surface area (TPSA) is 46.2 Å². The highest BCUT2D eigenvalue weighted by Gasteiger charge is 2.18. The van der Waals surface area contributed by atoms with Crippen LogP contribution in [0.25, 0.3) is 0 Å². The van der Waals surface area contributed by atoms with Crippen molar-refractivity contribution in [3.8, 4) is 0 Å². The molecule has 0 fully saturated rings. The van der Waals surface area contributed by atoms with Crippen LogP contribution in [0.3, 0.4) is 0 Å². The number of benzene rings is 2. The van der Waals surface area contributed by atoms with Crippen molar-refractivity contribution in [3.05, 3.63) is 71.3 Å². The lowest BCUT2D eigenvalue weighted by Crippen LogP contribution is -2.28. The maximum atomic E-state index is 13.5. The lowest BCUT2D eigenvalue weighted by Gasteiger charge is -2.15. The second kappa shape index (κ2) is 6.32. The molecule has 2 aromatic rings. The third-order valence-electron chi connectivity index (χ3n) is 3.03. The van der Waals surface area contributed by atoms with Crippen LogP contribution < -0.4 is 4.72 Å². The zero-order valence-corrected chi connectivity index (χ0v) is 12.2. The maximum absolute atomic E-state index is 13.5. The highest BCUT2D eigenvalue weighted by Crippen LogP contribution is 2.16. The Morgan fingerprint density at radius 2 is 1.67 bits per heavy atom. The Balaban J connectivity index is 2.10. The highest BCUT2D eigenvalue weighted by molar-refractivity contribution is 7.88. The number of hydrogen-bond acceptors (Lipinski definition) is 2. The van der Waals surface area contributed by atoms with Gasteiger partial charge in [-0.25, -0.2) is 21.9 Å². The minimum absolute atomic E-state index is 0.108. The van der Waals surface area contributed by atoms with Gasteiger partial charge in [0, 0.05) is 11.6 Å². The zero-order chi connectivity index (χ0) is 15.5. The van der Waals surface area contributed by atoms with E-state index in [0.717, 1.165) is 0 Å². The molecule has 112 valence electrons. The molecule has 0 radical (unpaired) electrons. The molecular weight excluding hydrogens is 296 g/mol. The number of sulfonamides is 1. The molecule has 3 nitrogen and oxygen atoms in total. The molecule has 0 aliphatic carbocycles. The van der Waals surface area contributed by atoms with Gasteiger partial charge in [-0.3, -0.25) is 0 Å². The van der Waals surface area contributed by atoms with Gasteiger partial charge >= 0.3 is 0 Å².